The SMILES string of the molecule is Cc1cc(F)cc(NC(=O)CCC2CCNCC2)c1. The zero-order valence-electron chi connectivity index (χ0n) is 11.3. The molecule has 1 fully saturated rings. The first-order valence-electron chi connectivity index (χ1n) is 6.91. The number of nitrogens with one attached hydrogen (secondary N) is 2. The van der Waals surface area contributed by atoms with E-state index in [9.17, 15) is 9.18 Å². The van der Waals surface area contributed by atoms with Gasteiger partial charge in [-0.3, -0.25) is 4.79 Å². The zero-order valence-corrected chi connectivity index (χ0v) is 11.3. The van der Waals surface area contributed by atoms with E-state index >= 15 is 0 Å². The van der Waals surface area contributed by atoms with Crippen LogP contribution in [-0.4, -0.2) is 19.0 Å². The summed E-state index contributed by atoms with van der Waals surface area (Å²) in [6, 6.07) is 4.59. The van der Waals surface area contributed by atoms with Gasteiger partial charge in [0.2, 0.25) is 5.91 Å². The molecule has 0 aliphatic carbocycles. The topological polar surface area (TPSA) is 41.1 Å². The number of carbonyl (C=O) groups excluding carboxylic acids is 1. The molecule has 0 unspecified atom stereocenters. The van der Waals surface area contributed by atoms with Crippen molar-refractivity contribution in [2.24, 2.45) is 5.92 Å². The van der Waals surface area contributed by atoms with Crippen molar-refractivity contribution in [2.75, 3.05) is 18.4 Å². The van der Waals surface area contributed by atoms with Crippen LogP contribution in [-0.2, 0) is 4.79 Å². The Morgan fingerprint density at radius 1 is 1.37 bits per heavy atom. The predicted octanol–water partition coefficient (Wildman–Crippen LogP) is 2.85. The zero-order chi connectivity index (χ0) is 13.7. The number of amides is 1. The molecule has 1 aliphatic rings. The molecular formula is C15H21FN2O. The van der Waals surface area contributed by atoms with Crippen LogP contribution in [0.1, 0.15) is 31.2 Å². The maximum atomic E-state index is 13.2. The third-order valence-corrected chi connectivity index (χ3v) is 3.56. The number of aryl methyl sites for hydroxylation is 1. The smallest absolute Gasteiger partial charge is 0.224 e. The molecule has 4 heteroatoms. The fourth-order valence-corrected chi connectivity index (χ4v) is 2.54. The summed E-state index contributed by atoms with van der Waals surface area (Å²) in [7, 11) is 0. The fourth-order valence-electron chi connectivity index (χ4n) is 2.54. The summed E-state index contributed by atoms with van der Waals surface area (Å²) in [5, 5.41) is 6.08. The molecule has 1 saturated heterocycles. The predicted molar refractivity (Wildman–Crippen MR) is 74.6 cm³/mol. The van der Waals surface area contributed by atoms with E-state index < -0.39 is 0 Å². The van der Waals surface area contributed by atoms with Crippen molar-refractivity contribution in [2.45, 2.75) is 32.6 Å². The Labute approximate surface area is 113 Å². The molecule has 1 heterocycles. The Balaban J connectivity index is 1.80. The highest BCUT2D eigenvalue weighted by atomic mass is 19.1. The van der Waals surface area contributed by atoms with Crippen molar-refractivity contribution in [3.05, 3.63) is 29.6 Å². The lowest BCUT2D eigenvalue weighted by molar-refractivity contribution is -0.116. The molecule has 0 saturated carbocycles. The summed E-state index contributed by atoms with van der Waals surface area (Å²) < 4.78 is 13.2. The summed E-state index contributed by atoms with van der Waals surface area (Å²) in [5.41, 5.74) is 1.36. The van der Waals surface area contributed by atoms with E-state index in [0.717, 1.165) is 37.9 Å². The highest BCUT2D eigenvalue weighted by Crippen LogP contribution is 2.19. The second-order valence-electron chi connectivity index (χ2n) is 5.30. The second kappa shape index (κ2) is 6.66. The Morgan fingerprint density at radius 2 is 2.11 bits per heavy atom. The van der Waals surface area contributed by atoms with E-state index in [1.54, 1.807) is 6.07 Å². The lowest BCUT2D eigenvalue weighted by Crippen LogP contribution is -2.28. The van der Waals surface area contributed by atoms with Crippen LogP contribution in [0.4, 0.5) is 10.1 Å². The number of piperidine rings is 1. The fraction of sp³-hybridized carbons (Fsp3) is 0.533. The van der Waals surface area contributed by atoms with Gasteiger partial charge in [0, 0.05) is 12.1 Å². The second-order valence-corrected chi connectivity index (χ2v) is 5.30. The molecule has 2 rings (SSSR count). The van der Waals surface area contributed by atoms with Crippen LogP contribution in [0, 0.1) is 18.7 Å². The van der Waals surface area contributed by atoms with E-state index in [1.807, 2.05) is 6.92 Å². The Bertz CT molecular complexity index is 422. The quantitative estimate of drug-likeness (QED) is 0.878. The molecule has 0 atom stereocenters. The molecular weight excluding hydrogens is 243 g/mol. The first-order chi connectivity index (χ1) is 9.13. The van der Waals surface area contributed by atoms with Crippen molar-refractivity contribution < 1.29 is 9.18 Å². The minimum Gasteiger partial charge on any atom is -0.326 e. The van der Waals surface area contributed by atoms with Crippen molar-refractivity contribution in [1.82, 2.24) is 5.32 Å². The van der Waals surface area contributed by atoms with Crippen molar-refractivity contribution >= 4 is 11.6 Å². The molecule has 0 bridgehead atoms. The van der Waals surface area contributed by atoms with E-state index in [0.29, 0.717) is 18.0 Å². The molecule has 104 valence electrons. The monoisotopic (exact) mass is 264 g/mol. The molecule has 1 aliphatic heterocycles. The molecule has 0 aromatic heterocycles. The van der Waals surface area contributed by atoms with Gasteiger partial charge in [-0.1, -0.05) is 0 Å². The van der Waals surface area contributed by atoms with Gasteiger partial charge in [0.15, 0.2) is 0 Å². The summed E-state index contributed by atoms with van der Waals surface area (Å²) >= 11 is 0. The summed E-state index contributed by atoms with van der Waals surface area (Å²) in [6.07, 6.45) is 3.72. The van der Waals surface area contributed by atoms with Gasteiger partial charge in [-0.05, 0) is 69.0 Å². The Morgan fingerprint density at radius 3 is 2.79 bits per heavy atom. The lowest BCUT2D eigenvalue weighted by atomic mass is 9.93. The van der Waals surface area contributed by atoms with E-state index in [1.165, 1.54) is 12.1 Å². The van der Waals surface area contributed by atoms with Gasteiger partial charge in [0.05, 0.1) is 0 Å². The Kier molecular flexibility index (Phi) is 4.91. The first-order valence-corrected chi connectivity index (χ1v) is 6.91. The number of anilines is 1. The average molecular weight is 264 g/mol. The molecule has 0 spiro atoms. The molecule has 3 nitrogen and oxygen atoms in total. The van der Waals surface area contributed by atoms with E-state index in [-0.39, 0.29) is 11.7 Å². The third kappa shape index (κ3) is 4.63. The van der Waals surface area contributed by atoms with Gasteiger partial charge in [-0.15, -0.1) is 0 Å². The number of hydrogen-bond donors (Lipinski definition) is 2. The average Bonchev–Trinajstić information content (AvgIpc) is 2.36. The molecule has 19 heavy (non-hydrogen) atoms. The van der Waals surface area contributed by atoms with Crippen LogP contribution in [0.2, 0.25) is 0 Å². The number of halogens is 1. The molecule has 1 aromatic carbocycles. The van der Waals surface area contributed by atoms with Crippen molar-refractivity contribution in [1.29, 1.82) is 0 Å². The summed E-state index contributed by atoms with van der Waals surface area (Å²) in [6.45, 7) is 3.92. The van der Waals surface area contributed by atoms with Crippen molar-refractivity contribution in [3.63, 3.8) is 0 Å². The first kappa shape index (κ1) is 14.0. The summed E-state index contributed by atoms with van der Waals surface area (Å²) in [4.78, 5) is 11.8. The minimum absolute atomic E-state index is 0.0245. The van der Waals surface area contributed by atoms with Gasteiger partial charge >= 0.3 is 0 Å². The van der Waals surface area contributed by atoms with Gasteiger partial charge < -0.3 is 10.6 Å². The number of carbonyl (C=O) groups is 1. The van der Waals surface area contributed by atoms with Crippen LogP contribution in [0.15, 0.2) is 18.2 Å². The number of rotatable bonds is 4. The molecule has 2 N–H and O–H groups in total. The van der Waals surface area contributed by atoms with Crippen LogP contribution in [0.3, 0.4) is 0 Å². The highest BCUT2D eigenvalue weighted by molar-refractivity contribution is 5.90. The van der Waals surface area contributed by atoms with Crippen LogP contribution in [0.5, 0.6) is 0 Å². The van der Waals surface area contributed by atoms with E-state index in [2.05, 4.69) is 10.6 Å². The molecule has 1 aromatic rings. The van der Waals surface area contributed by atoms with Crippen molar-refractivity contribution in [3.8, 4) is 0 Å². The maximum Gasteiger partial charge on any atom is 0.224 e. The summed E-state index contributed by atoms with van der Waals surface area (Å²) in [5.74, 6) is 0.304. The van der Waals surface area contributed by atoms with Crippen LogP contribution >= 0.6 is 0 Å². The molecule has 0 radical (unpaired) electrons. The number of benzene rings is 1. The Hall–Kier alpha value is -1.42. The van der Waals surface area contributed by atoms with Gasteiger partial charge in [0.1, 0.15) is 5.82 Å². The van der Waals surface area contributed by atoms with Crippen LogP contribution < -0.4 is 10.6 Å². The van der Waals surface area contributed by atoms with Gasteiger partial charge in [-0.25, -0.2) is 4.39 Å². The maximum absolute atomic E-state index is 13.2. The van der Waals surface area contributed by atoms with Crippen LogP contribution in [0.25, 0.3) is 0 Å². The molecule has 1 amide bonds. The van der Waals surface area contributed by atoms with E-state index in [4.69, 9.17) is 0 Å². The normalized spacial score (nSPS) is 16.3. The largest absolute Gasteiger partial charge is 0.326 e. The number of hydrogen-bond acceptors (Lipinski definition) is 2. The minimum atomic E-state index is -0.311. The van der Waals surface area contributed by atoms with Gasteiger partial charge in [0.25, 0.3) is 0 Å². The standard InChI is InChI=1S/C15H21FN2O/c1-11-8-13(16)10-14(9-11)18-15(19)3-2-12-4-6-17-7-5-12/h8-10,12,17H,2-7H2,1H3,(H,18,19). The third-order valence-electron chi connectivity index (χ3n) is 3.56. The lowest BCUT2D eigenvalue weighted by Gasteiger charge is -2.22. The highest BCUT2D eigenvalue weighted by Gasteiger charge is 2.14. The van der Waals surface area contributed by atoms with Gasteiger partial charge in [-0.2, -0.15) is 0 Å².